The van der Waals surface area contributed by atoms with Gasteiger partial charge in [0.2, 0.25) is 5.28 Å². The average molecular weight is 459 g/mol. The minimum Gasteiger partial charge on any atom is -0.326 e. The van der Waals surface area contributed by atoms with Crippen molar-refractivity contribution in [3.8, 4) is 11.1 Å². The third kappa shape index (κ3) is 3.47. The Morgan fingerprint density at radius 3 is 2.41 bits per heavy atom. The maximum Gasteiger partial charge on any atom is 0.225 e. The van der Waals surface area contributed by atoms with Gasteiger partial charge >= 0.3 is 0 Å². The van der Waals surface area contributed by atoms with Gasteiger partial charge in [0.15, 0.2) is 0 Å². The molecule has 0 spiro atoms. The summed E-state index contributed by atoms with van der Waals surface area (Å²) < 4.78 is 1.06. The number of aryl methyl sites for hydroxylation is 1. The third-order valence-electron chi connectivity index (χ3n) is 4.45. The molecular formula is C21H17BrClN3S. The fraction of sp³-hybridized carbons (Fsp3) is 0.143. The van der Waals surface area contributed by atoms with E-state index in [4.69, 9.17) is 11.6 Å². The summed E-state index contributed by atoms with van der Waals surface area (Å²) in [6, 6.07) is 18.6. The molecule has 0 unspecified atom stereocenters. The van der Waals surface area contributed by atoms with E-state index in [1.165, 1.54) is 10.4 Å². The molecule has 4 rings (SSSR count). The van der Waals surface area contributed by atoms with E-state index in [0.29, 0.717) is 0 Å². The SMILES string of the molecule is CCN(c1ccccc1)c1nc(Cl)nc2sc(C)c(-c3ccc(Br)cc3)c12. The summed E-state index contributed by atoms with van der Waals surface area (Å²) in [7, 11) is 0. The monoisotopic (exact) mass is 457 g/mol. The number of hydrogen-bond donors (Lipinski definition) is 0. The molecule has 27 heavy (non-hydrogen) atoms. The van der Waals surface area contributed by atoms with Gasteiger partial charge in [-0.25, -0.2) is 4.98 Å². The zero-order valence-electron chi connectivity index (χ0n) is 14.9. The molecule has 0 amide bonds. The second kappa shape index (κ2) is 7.58. The van der Waals surface area contributed by atoms with Crippen LogP contribution in [0.15, 0.2) is 59.1 Å². The number of thiophene rings is 1. The van der Waals surface area contributed by atoms with Crippen LogP contribution in [0.1, 0.15) is 11.8 Å². The fourth-order valence-electron chi connectivity index (χ4n) is 3.29. The van der Waals surface area contributed by atoms with Gasteiger partial charge in [-0.2, -0.15) is 4.98 Å². The van der Waals surface area contributed by atoms with Gasteiger partial charge in [-0.15, -0.1) is 11.3 Å². The second-order valence-corrected chi connectivity index (χ2v) is 8.57. The molecule has 0 N–H and O–H groups in total. The molecule has 3 nitrogen and oxygen atoms in total. The van der Waals surface area contributed by atoms with E-state index < -0.39 is 0 Å². The summed E-state index contributed by atoms with van der Waals surface area (Å²) in [6.07, 6.45) is 0. The Kier molecular flexibility index (Phi) is 5.17. The summed E-state index contributed by atoms with van der Waals surface area (Å²) in [5.74, 6) is 0.848. The van der Waals surface area contributed by atoms with Crippen LogP contribution in [-0.2, 0) is 0 Å². The molecule has 0 atom stereocenters. The second-order valence-electron chi connectivity index (χ2n) is 6.12. The van der Waals surface area contributed by atoms with Gasteiger partial charge in [0.25, 0.3) is 0 Å². The highest BCUT2D eigenvalue weighted by atomic mass is 79.9. The van der Waals surface area contributed by atoms with Crippen molar-refractivity contribution in [2.24, 2.45) is 0 Å². The molecule has 0 fully saturated rings. The number of fused-ring (bicyclic) bond motifs is 1. The van der Waals surface area contributed by atoms with Crippen molar-refractivity contribution in [3.05, 3.63) is 69.2 Å². The fourth-order valence-corrected chi connectivity index (χ4v) is 4.81. The molecule has 2 aromatic heterocycles. The standard InChI is InChI=1S/C21H17BrClN3S/c1-3-26(16-7-5-4-6-8-16)19-18-17(14-9-11-15(22)12-10-14)13(2)27-20(18)25-21(23)24-19/h4-12H,3H2,1-2H3. The molecular weight excluding hydrogens is 442 g/mol. The van der Waals surface area contributed by atoms with Crippen molar-refractivity contribution >= 4 is 60.6 Å². The van der Waals surface area contributed by atoms with E-state index in [2.05, 4.69) is 81.0 Å². The molecule has 6 heteroatoms. The average Bonchev–Trinajstić information content (AvgIpc) is 2.99. The number of nitrogens with zero attached hydrogens (tertiary/aromatic N) is 3. The Bertz CT molecular complexity index is 1090. The Morgan fingerprint density at radius 2 is 1.74 bits per heavy atom. The van der Waals surface area contributed by atoms with E-state index in [1.807, 2.05) is 18.2 Å². The number of hydrogen-bond acceptors (Lipinski definition) is 4. The molecule has 0 aliphatic carbocycles. The van der Waals surface area contributed by atoms with Crippen molar-refractivity contribution in [2.75, 3.05) is 11.4 Å². The van der Waals surface area contributed by atoms with Crippen molar-refractivity contribution in [1.82, 2.24) is 9.97 Å². The van der Waals surface area contributed by atoms with Gasteiger partial charge in [-0.05, 0) is 55.3 Å². The summed E-state index contributed by atoms with van der Waals surface area (Å²) in [5.41, 5.74) is 3.41. The highest BCUT2D eigenvalue weighted by Gasteiger charge is 2.22. The number of anilines is 2. The molecule has 0 aliphatic heterocycles. The first-order chi connectivity index (χ1) is 13.1. The molecule has 2 aromatic carbocycles. The predicted molar refractivity (Wildman–Crippen MR) is 119 cm³/mol. The van der Waals surface area contributed by atoms with Gasteiger partial charge in [0.05, 0.1) is 5.39 Å². The van der Waals surface area contributed by atoms with Gasteiger partial charge in [0.1, 0.15) is 10.6 Å². The number of rotatable bonds is 4. The summed E-state index contributed by atoms with van der Waals surface area (Å²) >= 11 is 11.5. The van der Waals surface area contributed by atoms with Gasteiger partial charge in [-0.1, -0.05) is 46.3 Å². The number of benzene rings is 2. The molecule has 0 radical (unpaired) electrons. The van der Waals surface area contributed by atoms with Gasteiger partial charge in [0, 0.05) is 27.1 Å². The molecule has 0 saturated carbocycles. The molecule has 0 bridgehead atoms. The van der Waals surface area contributed by atoms with Crippen molar-refractivity contribution in [3.63, 3.8) is 0 Å². The first-order valence-corrected chi connectivity index (χ1v) is 10.6. The lowest BCUT2D eigenvalue weighted by molar-refractivity contribution is 0.991. The van der Waals surface area contributed by atoms with E-state index in [0.717, 1.165) is 38.3 Å². The lowest BCUT2D eigenvalue weighted by atomic mass is 10.0. The predicted octanol–water partition coefficient (Wildman–Crippen LogP) is 7.24. The molecule has 0 aliphatic rings. The normalized spacial score (nSPS) is 11.1. The van der Waals surface area contributed by atoms with Crippen LogP contribution in [0, 0.1) is 6.92 Å². The van der Waals surface area contributed by atoms with Crippen LogP contribution in [0.3, 0.4) is 0 Å². The maximum atomic E-state index is 6.29. The largest absolute Gasteiger partial charge is 0.326 e. The lowest BCUT2D eigenvalue weighted by Crippen LogP contribution is -2.18. The molecule has 4 aromatic rings. The Morgan fingerprint density at radius 1 is 1.04 bits per heavy atom. The third-order valence-corrected chi connectivity index (χ3v) is 6.15. The van der Waals surface area contributed by atoms with Crippen LogP contribution in [-0.4, -0.2) is 16.5 Å². The van der Waals surface area contributed by atoms with Crippen LogP contribution in [0.25, 0.3) is 21.3 Å². The van der Waals surface area contributed by atoms with Crippen molar-refractivity contribution in [2.45, 2.75) is 13.8 Å². The summed E-state index contributed by atoms with van der Waals surface area (Å²) in [5, 5.41) is 1.32. The lowest BCUT2D eigenvalue weighted by Gasteiger charge is -2.23. The quantitative estimate of drug-likeness (QED) is 0.302. The minimum absolute atomic E-state index is 0.274. The number of aromatic nitrogens is 2. The van der Waals surface area contributed by atoms with E-state index >= 15 is 0 Å². The number of para-hydroxylation sites is 1. The van der Waals surface area contributed by atoms with Crippen LogP contribution in [0.4, 0.5) is 11.5 Å². The minimum atomic E-state index is 0.274. The van der Waals surface area contributed by atoms with Crippen LogP contribution < -0.4 is 4.90 Å². The highest BCUT2D eigenvalue weighted by Crippen LogP contribution is 2.43. The van der Waals surface area contributed by atoms with E-state index in [9.17, 15) is 0 Å². The van der Waals surface area contributed by atoms with Crippen LogP contribution >= 0.6 is 38.9 Å². The maximum absolute atomic E-state index is 6.29. The topological polar surface area (TPSA) is 29.0 Å². The van der Waals surface area contributed by atoms with Crippen LogP contribution in [0.2, 0.25) is 5.28 Å². The zero-order chi connectivity index (χ0) is 19.0. The van der Waals surface area contributed by atoms with Crippen LogP contribution in [0.5, 0.6) is 0 Å². The molecule has 0 saturated heterocycles. The van der Waals surface area contributed by atoms with Gasteiger partial charge in [-0.3, -0.25) is 0 Å². The van der Waals surface area contributed by atoms with Crippen molar-refractivity contribution in [1.29, 1.82) is 0 Å². The Hall–Kier alpha value is -1.95. The van der Waals surface area contributed by atoms with E-state index in [-0.39, 0.29) is 5.28 Å². The Labute approximate surface area is 175 Å². The molecule has 136 valence electrons. The summed E-state index contributed by atoms with van der Waals surface area (Å²) in [4.78, 5) is 13.5. The number of halogens is 2. The first-order valence-electron chi connectivity index (χ1n) is 8.63. The van der Waals surface area contributed by atoms with Crippen molar-refractivity contribution < 1.29 is 0 Å². The zero-order valence-corrected chi connectivity index (χ0v) is 18.1. The smallest absolute Gasteiger partial charge is 0.225 e. The van der Waals surface area contributed by atoms with Gasteiger partial charge < -0.3 is 4.90 Å². The Balaban J connectivity index is 2.01. The highest BCUT2D eigenvalue weighted by molar-refractivity contribution is 9.10. The summed E-state index contributed by atoms with van der Waals surface area (Å²) in [6.45, 7) is 5.02. The first kappa shape index (κ1) is 18.4. The molecule has 2 heterocycles. The van der Waals surface area contributed by atoms with E-state index in [1.54, 1.807) is 11.3 Å².